The number of aldehydes is 1. The molecule has 0 saturated heterocycles. The van der Waals surface area contributed by atoms with Crippen molar-refractivity contribution < 1.29 is 14.3 Å². The van der Waals surface area contributed by atoms with E-state index in [1.54, 1.807) is 19.9 Å². The van der Waals surface area contributed by atoms with E-state index in [9.17, 15) is 9.59 Å². The highest BCUT2D eigenvalue weighted by Gasteiger charge is 2.19. The second-order valence-corrected chi connectivity index (χ2v) is 2.89. The summed E-state index contributed by atoms with van der Waals surface area (Å²) in [5.41, 5.74) is 0. The van der Waals surface area contributed by atoms with Gasteiger partial charge in [-0.25, -0.2) is 4.79 Å². The molecule has 0 rings (SSSR count). The van der Waals surface area contributed by atoms with Gasteiger partial charge in [-0.15, -0.1) is 6.58 Å². The van der Waals surface area contributed by atoms with E-state index in [1.165, 1.54) is 4.90 Å². The Kier molecular flexibility index (Phi) is 6.45. The lowest BCUT2D eigenvalue weighted by Gasteiger charge is -2.25. The number of amides is 1. The molecule has 1 unspecified atom stereocenters. The second kappa shape index (κ2) is 7.12. The Morgan fingerprint density at radius 3 is 2.71 bits per heavy atom. The smallest absolute Gasteiger partial charge is 0.410 e. The zero-order valence-corrected chi connectivity index (χ0v) is 8.73. The molecule has 80 valence electrons. The summed E-state index contributed by atoms with van der Waals surface area (Å²) in [6, 6.07) is -0.149. The summed E-state index contributed by atoms with van der Waals surface area (Å²) in [7, 11) is 0. The standard InChI is InChI=1S/C10H17NO3/c1-4-7-11(9(3)6-8-12)10(13)14-5-2/h4,8-9H,1,5-7H2,2-3H3. The number of ether oxygens (including phenoxy) is 1. The van der Waals surface area contributed by atoms with Crippen LogP contribution in [0.2, 0.25) is 0 Å². The van der Waals surface area contributed by atoms with Crippen molar-refractivity contribution in [3.8, 4) is 0 Å². The van der Waals surface area contributed by atoms with Crippen LogP contribution in [0.25, 0.3) is 0 Å². The second-order valence-electron chi connectivity index (χ2n) is 2.89. The van der Waals surface area contributed by atoms with Gasteiger partial charge in [-0.3, -0.25) is 0 Å². The van der Waals surface area contributed by atoms with Crippen LogP contribution < -0.4 is 0 Å². The van der Waals surface area contributed by atoms with Gasteiger partial charge in [0.1, 0.15) is 6.29 Å². The minimum atomic E-state index is -0.401. The van der Waals surface area contributed by atoms with Gasteiger partial charge in [0.15, 0.2) is 0 Å². The Hall–Kier alpha value is -1.32. The zero-order chi connectivity index (χ0) is 11.0. The average molecular weight is 199 g/mol. The molecule has 0 aliphatic heterocycles. The van der Waals surface area contributed by atoms with E-state index >= 15 is 0 Å². The van der Waals surface area contributed by atoms with E-state index < -0.39 is 6.09 Å². The van der Waals surface area contributed by atoms with Crippen LogP contribution in [0, 0.1) is 0 Å². The number of nitrogens with zero attached hydrogens (tertiary/aromatic N) is 1. The molecule has 1 amide bonds. The summed E-state index contributed by atoms with van der Waals surface area (Å²) < 4.78 is 4.85. The highest BCUT2D eigenvalue weighted by molar-refractivity contribution is 5.68. The normalized spacial score (nSPS) is 11.6. The van der Waals surface area contributed by atoms with E-state index in [0.717, 1.165) is 6.29 Å². The highest BCUT2D eigenvalue weighted by Crippen LogP contribution is 2.04. The first kappa shape index (κ1) is 12.7. The van der Waals surface area contributed by atoms with Gasteiger partial charge in [0.2, 0.25) is 0 Å². The topological polar surface area (TPSA) is 46.6 Å². The lowest BCUT2D eigenvalue weighted by atomic mass is 10.2. The monoisotopic (exact) mass is 199 g/mol. The Morgan fingerprint density at radius 2 is 2.29 bits per heavy atom. The van der Waals surface area contributed by atoms with Crippen LogP contribution in [0.1, 0.15) is 20.3 Å². The van der Waals surface area contributed by atoms with E-state index in [2.05, 4.69) is 6.58 Å². The quantitative estimate of drug-likeness (QED) is 0.482. The van der Waals surface area contributed by atoms with Crippen molar-refractivity contribution in [1.82, 2.24) is 4.90 Å². The first-order valence-electron chi connectivity index (χ1n) is 4.65. The Labute approximate surface area is 84.5 Å². The van der Waals surface area contributed by atoms with Crippen molar-refractivity contribution in [2.75, 3.05) is 13.2 Å². The van der Waals surface area contributed by atoms with Gasteiger partial charge in [-0.1, -0.05) is 6.08 Å². The predicted molar refractivity (Wildman–Crippen MR) is 54.1 cm³/mol. The maximum Gasteiger partial charge on any atom is 0.410 e. The summed E-state index contributed by atoms with van der Waals surface area (Å²) in [6.07, 6.45) is 2.31. The van der Waals surface area contributed by atoms with Crippen LogP contribution in [-0.4, -0.2) is 36.5 Å². The molecule has 1 atom stereocenters. The summed E-state index contributed by atoms with van der Waals surface area (Å²) in [5.74, 6) is 0. The number of carbonyl (C=O) groups excluding carboxylic acids is 2. The van der Waals surface area contributed by atoms with Crippen LogP contribution in [0.4, 0.5) is 4.79 Å². The average Bonchev–Trinajstić information content (AvgIpc) is 2.14. The molecule has 0 aromatic carbocycles. The molecule has 14 heavy (non-hydrogen) atoms. The molecule has 0 radical (unpaired) electrons. The van der Waals surface area contributed by atoms with Crippen LogP contribution in [0.3, 0.4) is 0 Å². The summed E-state index contributed by atoms with van der Waals surface area (Å²) in [5, 5.41) is 0. The fraction of sp³-hybridized carbons (Fsp3) is 0.600. The fourth-order valence-electron chi connectivity index (χ4n) is 1.05. The number of hydrogen-bond acceptors (Lipinski definition) is 3. The first-order chi connectivity index (χ1) is 6.67. The third-order valence-corrected chi connectivity index (χ3v) is 1.80. The summed E-state index contributed by atoms with van der Waals surface area (Å²) in [6.45, 7) is 7.82. The van der Waals surface area contributed by atoms with Crippen molar-refractivity contribution in [3.05, 3.63) is 12.7 Å². The minimum Gasteiger partial charge on any atom is -0.450 e. The Bertz CT molecular complexity index is 204. The predicted octanol–water partition coefficient (Wildman–Crippen LogP) is 1.61. The molecule has 0 fully saturated rings. The molecule has 4 nitrogen and oxygen atoms in total. The molecule has 0 N–H and O–H groups in total. The highest BCUT2D eigenvalue weighted by atomic mass is 16.6. The van der Waals surface area contributed by atoms with E-state index in [1.807, 2.05) is 0 Å². The number of carbonyl (C=O) groups is 2. The third-order valence-electron chi connectivity index (χ3n) is 1.80. The fourth-order valence-corrected chi connectivity index (χ4v) is 1.05. The van der Waals surface area contributed by atoms with Gasteiger partial charge in [0.25, 0.3) is 0 Å². The molecule has 0 aromatic heterocycles. The van der Waals surface area contributed by atoms with Gasteiger partial charge in [-0.2, -0.15) is 0 Å². The lowest BCUT2D eigenvalue weighted by Crippen LogP contribution is -2.39. The van der Waals surface area contributed by atoms with E-state index in [0.29, 0.717) is 19.6 Å². The molecule has 0 aliphatic rings. The summed E-state index contributed by atoms with van der Waals surface area (Å²) in [4.78, 5) is 23.2. The van der Waals surface area contributed by atoms with E-state index in [-0.39, 0.29) is 6.04 Å². The zero-order valence-electron chi connectivity index (χ0n) is 8.73. The van der Waals surface area contributed by atoms with Crippen LogP contribution >= 0.6 is 0 Å². The Morgan fingerprint density at radius 1 is 1.64 bits per heavy atom. The lowest BCUT2D eigenvalue weighted by molar-refractivity contribution is -0.108. The molecule has 0 bridgehead atoms. The molecule has 0 aliphatic carbocycles. The maximum absolute atomic E-state index is 11.4. The summed E-state index contributed by atoms with van der Waals surface area (Å²) >= 11 is 0. The van der Waals surface area contributed by atoms with Crippen molar-refractivity contribution in [1.29, 1.82) is 0 Å². The van der Waals surface area contributed by atoms with Gasteiger partial charge in [0, 0.05) is 19.0 Å². The largest absolute Gasteiger partial charge is 0.450 e. The molecular weight excluding hydrogens is 182 g/mol. The van der Waals surface area contributed by atoms with Gasteiger partial charge in [-0.05, 0) is 13.8 Å². The molecule has 0 spiro atoms. The van der Waals surface area contributed by atoms with Crippen LogP contribution in [0.15, 0.2) is 12.7 Å². The van der Waals surface area contributed by atoms with Crippen molar-refractivity contribution in [3.63, 3.8) is 0 Å². The van der Waals surface area contributed by atoms with Crippen molar-refractivity contribution in [2.45, 2.75) is 26.3 Å². The minimum absolute atomic E-state index is 0.149. The van der Waals surface area contributed by atoms with Gasteiger partial charge < -0.3 is 14.4 Å². The number of rotatable bonds is 6. The van der Waals surface area contributed by atoms with Crippen LogP contribution in [-0.2, 0) is 9.53 Å². The van der Waals surface area contributed by atoms with E-state index in [4.69, 9.17) is 4.74 Å². The Balaban J connectivity index is 4.31. The van der Waals surface area contributed by atoms with Gasteiger partial charge >= 0.3 is 6.09 Å². The van der Waals surface area contributed by atoms with Crippen molar-refractivity contribution >= 4 is 12.4 Å². The SMILES string of the molecule is C=CCN(C(=O)OCC)C(C)CC=O. The third kappa shape index (κ3) is 4.07. The molecule has 0 heterocycles. The molecule has 0 saturated carbocycles. The molecular formula is C10H17NO3. The number of hydrogen-bond donors (Lipinski definition) is 0. The molecule has 0 aromatic rings. The van der Waals surface area contributed by atoms with Crippen molar-refractivity contribution in [2.24, 2.45) is 0 Å². The van der Waals surface area contributed by atoms with Gasteiger partial charge in [0.05, 0.1) is 6.61 Å². The first-order valence-corrected chi connectivity index (χ1v) is 4.65. The maximum atomic E-state index is 11.4. The van der Waals surface area contributed by atoms with Crippen LogP contribution in [0.5, 0.6) is 0 Å². The molecule has 4 heteroatoms.